The van der Waals surface area contributed by atoms with Gasteiger partial charge in [0.2, 0.25) is 0 Å². The van der Waals surface area contributed by atoms with Crippen molar-refractivity contribution < 1.29 is 14.2 Å². The molecule has 0 aliphatic rings. The van der Waals surface area contributed by atoms with E-state index in [2.05, 4.69) is 22.5 Å². The third-order valence-electron chi connectivity index (χ3n) is 3.31. The molecule has 0 aliphatic carbocycles. The number of benzene rings is 1. The second-order valence-electron chi connectivity index (χ2n) is 5.29. The Bertz CT molecular complexity index is 449. The minimum Gasteiger partial charge on any atom is -0.497 e. The summed E-state index contributed by atoms with van der Waals surface area (Å²) in [5, 5.41) is 6.55. The molecule has 2 N–H and O–H groups in total. The van der Waals surface area contributed by atoms with Crippen molar-refractivity contribution in [3.63, 3.8) is 0 Å². The third-order valence-corrected chi connectivity index (χ3v) is 3.31. The smallest absolute Gasteiger partial charge is 0.191 e. The highest BCUT2D eigenvalue weighted by molar-refractivity contribution is 5.79. The Balaban J connectivity index is 2.13. The number of nitrogens with zero attached hydrogens (tertiary/aromatic N) is 1. The molecule has 1 aromatic carbocycles. The summed E-state index contributed by atoms with van der Waals surface area (Å²) in [7, 11) is 3.38. The van der Waals surface area contributed by atoms with Gasteiger partial charge >= 0.3 is 0 Å². The fraction of sp³-hybridized carbons (Fsp3) is 0.611. The van der Waals surface area contributed by atoms with E-state index in [0.717, 1.165) is 56.4 Å². The maximum atomic E-state index is 5.69. The average Bonchev–Trinajstić information content (AvgIpc) is 2.62. The Morgan fingerprint density at radius 2 is 1.83 bits per heavy atom. The fourth-order valence-electron chi connectivity index (χ4n) is 2.03. The zero-order chi connectivity index (χ0) is 17.5. The van der Waals surface area contributed by atoms with Crippen LogP contribution in [0.1, 0.15) is 25.3 Å². The van der Waals surface area contributed by atoms with Crippen molar-refractivity contribution in [2.24, 2.45) is 4.99 Å². The summed E-state index contributed by atoms with van der Waals surface area (Å²) in [4.78, 5) is 4.49. The van der Waals surface area contributed by atoms with E-state index in [1.807, 2.05) is 24.3 Å². The van der Waals surface area contributed by atoms with Crippen LogP contribution < -0.4 is 15.4 Å². The van der Waals surface area contributed by atoms with Crippen LogP contribution in [0.2, 0.25) is 0 Å². The van der Waals surface area contributed by atoms with Gasteiger partial charge in [-0.25, -0.2) is 0 Å². The van der Waals surface area contributed by atoms with E-state index in [1.54, 1.807) is 14.2 Å². The van der Waals surface area contributed by atoms with E-state index in [0.29, 0.717) is 13.2 Å². The molecule has 0 aromatic heterocycles. The number of hydrogen-bond acceptors (Lipinski definition) is 4. The molecule has 1 aromatic rings. The summed E-state index contributed by atoms with van der Waals surface area (Å²) in [6.07, 6.45) is 1.86. The zero-order valence-corrected chi connectivity index (χ0v) is 15.1. The van der Waals surface area contributed by atoms with Crippen LogP contribution in [0, 0.1) is 0 Å². The molecule has 0 bridgehead atoms. The molecule has 0 saturated carbocycles. The average molecular weight is 337 g/mol. The second kappa shape index (κ2) is 13.6. The van der Waals surface area contributed by atoms with Crippen LogP contribution in [-0.2, 0) is 16.1 Å². The van der Waals surface area contributed by atoms with Crippen LogP contribution in [-0.4, -0.2) is 53.0 Å². The molecule has 0 spiro atoms. The lowest BCUT2D eigenvalue weighted by Gasteiger charge is -2.11. The van der Waals surface area contributed by atoms with Crippen molar-refractivity contribution in [3.8, 4) is 5.75 Å². The molecule has 0 fully saturated rings. The Hall–Kier alpha value is -1.79. The first-order chi connectivity index (χ1) is 11.8. The molecule has 0 heterocycles. The number of nitrogens with one attached hydrogen (secondary N) is 2. The number of methoxy groups -OCH3 is 2. The summed E-state index contributed by atoms with van der Waals surface area (Å²) < 4.78 is 15.9. The standard InChI is InChI=1S/C18H31N3O3/c1-4-19-18(20-11-5-13-22-2)21-12-6-14-24-15-16-7-9-17(23-3)10-8-16/h7-10H,4-6,11-15H2,1-3H3,(H2,19,20,21). The van der Waals surface area contributed by atoms with E-state index >= 15 is 0 Å². The Morgan fingerprint density at radius 1 is 1.04 bits per heavy atom. The third kappa shape index (κ3) is 9.37. The first kappa shape index (κ1) is 20.3. The number of hydrogen-bond donors (Lipinski definition) is 2. The number of ether oxygens (including phenoxy) is 3. The molecule has 1 rings (SSSR count). The maximum absolute atomic E-state index is 5.69. The predicted molar refractivity (Wildman–Crippen MR) is 97.7 cm³/mol. The lowest BCUT2D eigenvalue weighted by molar-refractivity contribution is 0.119. The second-order valence-corrected chi connectivity index (χ2v) is 5.29. The quantitative estimate of drug-likeness (QED) is 0.348. The van der Waals surface area contributed by atoms with E-state index in [1.165, 1.54) is 0 Å². The number of rotatable bonds is 12. The van der Waals surface area contributed by atoms with Gasteiger partial charge in [-0.15, -0.1) is 0 Å². The Morgan fingerprint density at radius 3 is 2.50 bits per heavy atom. The van der Waals surface area contributed by atoms with Crippen molar-refractivity contribution in [1.82, 2.24) is 10.6 Å². The van der Waals surface area contributed by atoms with E-state index in [-0.39, 0.29) is 0 Å². The summed E-state index contributed by atoms with van der Waals surface area (Å²) in [6.45, 7) is 6.57. The highest BCUT2D eigenvalue weighted by Gasteiger charge is 1.98. The van der Waals surface area contributed by atoms with Gasteiger partial charge in [0.25, 0.3) is 0 Å². The highest BCUT2D eigenvalue weighted by Crippen LogP contribution is 2.11. The van der Waals surface area contributed by atoms with Crippen molar-refractivity contribution in [3.05, 3.63) is 29.8 Å². The maximum Gasteiger partial charge on any atom is 0.191 e. The molecule has 136 valence electrons. The van der Waals surface area contributed by atoms with Crippen LogP contribution in [0.25, 0.3) is 0 Å². The Kier molecular flexibility index (Phi) is 11.5. The molecule has 6 heteroatoms. The minimum absolute atomic E-state index is 0.620. The summed E-state index contributed by atoms with van der Waals surface area (Å²) in [6, 6.07) is 7.94. The van der Waals surface area contributed by atoms with Gasteiger partial charge in [0.15, 0.2) is 5.96 Å². The van der Waals surface area contributed by atoms with Gasteiger partial charge in [0.1, 0.15) is 5.75 Å². The van der Waals surface area contributed by atoms with Crippen LogP contribution in [0.4, 0.5) is 0 Å². The van der Waals surface area contributed by atoms with Crippen molar-refractivity contribution in [1.29, 1.82) is 0 Å². The molecule has 0 radical (unpaired) electrons. The summed E-state index contributed by atoms with van der Waals surface area (Å²) in [5.74, 6) is 1.72. The first-order valence-electron chi connectivity index (χ1n) is 8.52. The summed E-state index contributed by atoms with van der Waals surface area (Å²) >= 11 is 0. The number of aliphatic imine (C=N–C) groups is 1. The molecular weight excluding hydrogens is 306 g/mol. The monoisotopic (exact) mass is 337 g/mol. The van der Waals surface area contributed by atoms with Crippen molar-refractivity contribution >= 4 is 5.96 Å². The molecule has 24 heavy (non-hydrogen) atoms. The van der Waals surface area contributed by atoms with Gasteiger partial charge in [-0.2, -0.15) is 0 Å². The largest absolute Gasteiger partial charge is 0.497 e. The van der Waals surface area contributed by atoms with Gasteiger partial charge < -0.3 is 24.8 Å². The topological polar surface area (TPSA) is 64.1 Å². The minimum atomic E-state index is 0.620. The lowest BCUT2D eigenvalue weighted by atomic mass is 10.2. The molecule has 0 amide bonds. The fourth-order valence-corrected chi connectivity index (χ4v) is 2.03. The van der Waals surface area contributed by atoms with Crippen LogP contribution in [0.5, 0.6) is 5.75 Å². The van der Waals surface area contributed by atoms with Gasteiger partial charge in [0, 0.05) is 40.0 Å². The first-order valence-corrected chi connectivity index (χ1v) is 8.52. The highest BCUT2D eigenvalue weighted by atomic mass is 16.5. The molecule has 0 saturated heterocycles. The van der Waals surface area contributed by atoms with E-state index in [9.17, 15) is 0 Å². The van der Waals surface area contributed by atoms with Crippen molar-refractivity contribution in [2.45, 2.75) is 26.4 Å². The van der Waals surface area contributed by atoms with Gasteiger partial charge in [-0.3, -0.25) is 4.99 Å². The molecule has 0 atom stereocenters. The van der Waals surface area contributed by atoms with E-state index in [4.69, 9.17) is 14.2 Å². The molecule has 6 nitrogen and oxygen atoms in total. The SMILES string of the molecule is CCNC(=NCCCOC)NCCCOCc1ccc(OC)cc1. The lowest BCUT2D eigenvalue weighted by Crippen LogP contribution is -2.38. The predicted octanol–water partition coefficient (Wildman–Crippen LogP) is 2.19. The van der Waals surface area contributed by atoms with Gasteiger partial charge in [-0.05, 0) is 37.5 Å². The van der Waals surface area contributed by atoms with Crippen LogP contribution in [0.3, 0.4) is 0 Å². The zero-order valence-electron chi connectivity index (χ0n) is 15.1. The number of guanidine groups is 1. The van der Waals surface area contributed by atoms with Crippen LogP contribution >= 0.6 is 0 Å². The Labute approximate surface area is 145 Å². The molecule has 0 aliphatic heterocycles. The van der Waals surface area contributed by atoms with Crippen LogP contribution in [0.15, 0.2) is 29.3 Å². The van der Waals surface area contributed by atoms with Crippen molar-refractivity contribution in [2.75, 3.05) is 47.1 Å². The molecule has 0 unspecified atom stereocenters. The van der Waals surface area contributed by atoms with Gasteiger partial charge in [-0.1, -0.05) is 12.1 Å². The molecular formula is C18H31N3O3. The van der Waals surface area contributed by atoms with Gasteiger partial charge in [0.05, 0.1) is 13.7 Å². The normalized spacial score (nSPS) is 11.4. The summed E-state index contributed by atoms with van der Waals surface area (Å²) in [5.41, 5.74) is 1.15. The van der Waals surface area contributed by atoms with E-state index < -0.39 is 0 Å².